The first-order valence-corrected chi connectivity index (χ1v) is 11.1. The number of nitrogens with one attached hydrogen (secondary N) is 1. The van der Waals surface area contributed by atoms with E-state index < -0.39 is 11.9 Å². The van der Waals surface area contributed by atoms with Crippen molar-refractivity contribution < 1.29 is 14.3 Å². The van der Waals surface area contributed by atoms with Crippen molar-refractivity contribution >= 4 is 29.5 Å². The molecule has 1 aromatic heterocycles. The van der Waals surface area contributed by atoms with Crippen LogP contribution < -0.4 is 10.9 Å². The van der Waals surface area contributed by atoms with E-state index in [0.717, 1.165) is 11.1 Å². The SMILES string of the molecule is COC(=O)c1ccc([C@H]2CC(=O)Nc3c2c(=O)nc(SCc2ccc(C)cc2)n3C)cc1. The molecule has 2 heterocycles. The van der Waals surface area contributed by atoms with E-state index in [9.17, 15) is 14.4 Å². The Morgan fingerprint density at radius 1 is 1.16 bits per heavy atom. The molecular formula is C24H23N3O4S. The summed E-state index contributed by atoms with van der Waals surface area (Å²) in [6, 6.07) is 15.0. The lowest BCUT2D eigenvalue weighted by Crippen LogP contribution is -2.33. The molecule has 0 radical (unpaired) electrons. The summed E-state index contributed by atoms with van der Waals surface area (Å²) in [4.78, 5) is 41.6. The summed E-state index contributed by atoms with van der Waals surface area (Å²) in [6.45, 7) is 2.04. The molecule has 8 heteroatoms. The topological polar surface area (TPSA) is 90.3 Å². The lowest BCUT2D eigenvalue weighted by molar-refractivity contribution is -0.116. The van der Waals surface area contributed by atoms with Crippen LogP contribution in [0.4, 0.5) is 5.82 Å². The molecule has 0 bridgehead atoms. The second kappa shape index (κ2) is 9.00. The van der Waals surface area contributed by atoms with E-state index in [-0.39, 0.29) is 17.9 Å². The molecular weight excluding hydrogens is 426 g/mol. The third-order valence-corrected chi connectivity index (χ3v) is 6.62. The summed E-state index contributed by atoms with van der Waals surface area (Å²) in [7, 11) is 3.12. The second-order valence-electron chi connectivity index (χ2n) is 7.71. The van der Waals surface area contributed by atoms with Gasteiger partial charge in [-0.2, -0.15) is 4.98 Å². The van der Waals surface area contributed by atoms with Gasteiger partial charge in [-0.3, -0.25) is 9.59 Å². The van der Waals surface area contributed by atoms with Gasteiger partial charge in [0.05, 0.1) is 18.2 Å². The van der Waals surface area contributed by atoms with Crippen LogP contribution in [0.1, 0.15) is 45.0 Å². The maximum Gasteiger partial charge on any atom is 0.337 e. The van der Waals surface area contributed by atoms with Crippen molar-refractivity contribution in [3.8, 4) is 0 Å². The number of carbonyl (C=O) groups excluding carboxylic acids is 2. The molecule has 2 aromatic carbocycles. The normalized spacial score (nSPS) is 15.1. The van der Waals surface area contributed by atoms with Crippen LogP contribution in [0.15, 0.2) is 58.5 Å². The number of aromatic nitrogens is 2. The van der Waals surface area contributed by atoms with E-state index in [1.54, 1.807) is 35.9 Å². The van der Waals surface area contributed by atoms with E-state index in [4.69, 9.17) is 4.74 Å². The largest absolute Gasteiger partial charge is 0.465 e. The zero-order valence-electron chi connectivity index (χ0n) is 18.0. The minimum absolute atomic E-state index is 0.136. The molecule has 0 saturated heterocycles. The highest BCUT2D eigenvalue weighted by atomic mass is 32.2. The fourth-order valence-corrected chi connectivity index (χ4v) is 4.67. The molecule has 164 valence electrons. The molecule has 0 unspecified atom stereocenters. The number of fused-ring (bicyclic) bond motifs is 1. The molecule has 1 amide bonds. The average molecular weight is 450 g/mol. The van der Waals surface area contributed by atoms with Crippen LogP contribution in [0.2, 0.25) is 0 Å². The molecule has 1 aliphatic rings. The molecule has 0 aliphatic carbocycles. The lowest BCUT2D eigenvalue weighted by atomic mass is 9.86. The number of rotatable bonds is 5. The molecule has 7 nitrogen and oxygen atoms in total. The Bertz CT molecular complexity index is 1230. The summed E-state index contributed by atoms with van der Waals surface area (Å²) in [5, 5.41) is 3.39. The van der Waals surface area contributed by atoms with Crippen molar-refractivity contribution in [2.45, 2.75) is 30.2 Å². The smallest absolute Gasteiger partial charge is 0.337 e. The molecule has 1 aliphatic heterocycles. The quantitative estimate of drug-likeness (QED) is 0.363. The monoisotopic (exact) mass is 449 g/mol. The van der Waals surface area contributed by atoms with Crippen LogP contribution in [0.5, 0.6) is 0 Å². The Morgan fingerprint density at radius 2 is 1.84 bits per heavy atom. The van der Waals surface area contributed by atoms with E-state index in [0.29, 0.717) is 27.9 Å². The first kappa shape index (κ1) is 21.8. The van der Waals surface area contributed by atoms with Gasteiger partial charge in [0.1, 0.15) is 5.82 Å². The van der Waals surface area contributed by atoms with Gasteiger partial charge < -0.3 is 14.6 Å². The van der Waals surface area contributed by atoms with Gasteiger partial charge in [0.25, 0.3) is 5.56 Å². The first-order valence-electron chi connectivity index (χ1n) is 10.1. The zero-order chi connectivity index (χ0) is 22.8. The summed E-state index contributed by atoms with van der Waals surface area (Å²) in [5.74, 6) is 0.0787. The summed E-state index contributed by atoms with van der Waals surface area (Å²) in [6.07, 6.45) is 0.136. The van der Waals surface area contributed by atoms with E-state index in [2.05, 4.69) is 22.4 Å². The third kappa shape index (κ3) is 4.31. The van der Waals surface area contributed by atoms with Crippen molar-refractivity contribution in [3.63, 3.8) is 0 Å². The highest BCUT2D eigenvalue weighted by Gasteiger charge is 2.32. The Balaban J connectivity index is 1.67. The number of benzene rings is 2. The summed E-state index contributed by atoms with van der Waals surface area (Å²) < 4.78 is 6.50. The molecule has 0 fully saturated rings. The minimum atomic E-state index is -0.439. The maximum atomic E-state index is 13.0. The number of carbonyl (C=O) groups is 2. The number of anilines is 1. The molecule has 1 N–H and O–H groups in total. The summed E-state index contributed by atoms with van der Waals surface area (Å²) in [5.41, 5.74) is 3.59. The second-order valence-corrected chi connectivity index (χ2v) is 8.66. The Morgan fingerprint density at radius 3 is 2.50 bits per heavy atom. The van der Waals surface area contributed by atoms with Crippen LogP contribution >= 0.6 is 11.8 Å². The van der Waals surface area contributed by atoms with Gasteiger partial charge in [-0.1, -0.05) is 53.7 Å². The van der Waals surface area contributed by atoms with Crippen molar-refractivity contribution in [3.05, 3.63) is 86.7 Å². The van der Waals surface area contributed by atoms with Gasteiger partial charge >= 0.3 is 5.97 Å². The van der Waals surface area contributed by atoms with Gasteiger partial charge in [-0.05, 0) is 30.2 Å². The van der Waals surface area contributed by atoms with Gasteiger partial charge in [-0.15, -0.1) is 0 Å². The molecule has 32 heavy (non-hydrogen) atoms. The van der Waals surface area contributed by atoms with Crippen molar-refractivity contribution in [1.82, 2.24) is 9.55 Å². The maximum absolute atomic E-state index is 13.0. The first-order chi connectivity index (χ1) is 15.4. The Hall–Kier alpha value is -3.39. The van der Waals surface area contributed by atoms with Crippen molar-refractivity contribution in [2.75, 3.05) is 12.4 Å². The number of amides is 1. The van der Waals surface area contributed by atoms with Crippen molar-refractivity contribution in [2.24, 2.45) is 7.05 Å². The van der Waals surface area contributed by atoms with E-state index >= 15 is 0 Å². The van der Waals surface area contributed by atoms with Crippen LogP contribution in [-0.2, 0) is 22.3 Å². The number of thioether (sulfide) groups is 1. The number of ether oxygens (including phenoxy) is 1. The van der Waals surface area contributed by atoms with E-state index in [1.165, 1.54) is 24.4 Å². The predicted octanol–water partition coefficient (Wildman–Crippen LogP) is 3.64. The van der Waals surface area contributed by atoms with Gasteiger partial charge in [0, 0.05) is 25.1 Å². The highest BCUT2D eigenvalue weighted by molar-refractivity contribution is 7.98. The molecule has 1 atom stereocenters. The van der Waals surface area contributed by atoms with E-state index in [1.807, 2.05) is 19.1 Å². The average Bonchev–Trinajstić information content (AvgIpc) is 2.80. The number of esters is 1. The fraction of sp³-hybridized carbons (Fsp3) is 0.250. The molecule has 3 aromatic rings. The Kier molecular flexibility index (Phi) is 6.14. The van der Waals surface area contributed by atoms with Crippen molar-refractivity contribution in [1.29, 1.82) is 0 Å². The third-order valence-electron chi connectivity index (χ3n) is 5.52. The van der Waals surface area contributed by atoms with Gasteiger partial charge in [0.2, 0.25) is 5.91 Å². The Labute approximate surface area is 189 Å². The molecule has 4 rings (SSSR count). The van der Waals surface area contributed by atoms with Crippen LogP contribution in [0.3, 0.4) is 0 Å². The zero-order valence-corrected chi connectivity index (χ0v) is 18.9. The van der Waals surface area contributed by atoms with Gasteiger partial charge in [0.15, 0.2) is 5.16 Å². The standard InChI is InChI=1S/C24H23N3O4S/c1-14-4-6-15(7-5-14)13-32-24-26-22(29)20-18(12-19(28)25-21(20)27(24)2)16-8-10-17(11-9-16)23(30)31-3/h4-11,18H,12-13H2,1-3H3,(H,25,28)/t18-/m1/s1. The summed E-state index contributed by atoms with van der Waals surface area (Å²) >= 11 is 1.45. The van der Waals surface area contributed by atoms with Gasteiger partial charge in [-0.25, -0.2) is 4.79 Å². The lowest BCUT2D eigenvalue weighted by Gasteiger charge is -2.27. The minimum Gasteiger partial charge on any atom is -0.465 e. The molecule has 0 spiro atoms. The predicted molar refractivity (Wildman–Crippen MR) is 123 cm³/mol. The fourth-order valence-electron chi connectivity index (χ4n) is 3.75. The number of nitrogens with zero attached hydrogens (tertiary/aromatic N) is 2. The highest BCUT2D eigenvalue weighted by Crippen LogP contribution is 2.36. The number of methoxy groups -OCH3 is 1. The van der Waals surface area contributed by atoms with Crippen LogP contribution in [-0.4, -0.2) is 28.5 Å². The molecule has 0 saturated carbocycles. The number of hydrogen-bond donors (Lipinski definition) is 1. The van der Waals surface area contributed by atoms with Crippen LogP contribution in [0.25, 0.3) is 0 Å². The number of aryl methyl sites for hydroxylation is 1. The van der Waals surface area contributed by atoms with Crippen LogP contribution in [0, 0.1) is 6.92 Å². The number of hydrogen-bond acceptors (Lipinski definition) is 6.